The molecule has 68 valence electrons. The van der Waals surface area contributed by atoms with Crippen molar-refractivity contribution in [3.63, 3.8) is 0 Å². The Balaban J connectivity index is 2.74. The summed E-state index contributed by atoms with van der Waals surface area (Å²) in [5.41, 5.74) is -1.00. The van der Waals surface area contributed by atoms with Crippen LogP contribution in [0, 0.1) is 0 Å². The third kappa shape index (κ3) is 1.55. The number of thioether (sulfide) groups is 1. The van der Waals surface area contributed by atoms with Crippen LogP contribution in [0.2, 0.25) is 0 Å². The minimum atomic E-state index is -1.00. The molecule has 0 spiro atoms. The van der Waals surface area contributed by atoms with E-state index in [0.29, 0.717) is 12.2 Å². The minimum Gasteiger partial charge on any atom is -0.479 e. The van der Waals surface area contributed by atoms with E-state index in [9.17, 15) is 9.59 Å². The monoisotopic (exact) mass is 189 g/mol. The van der Waals surface area contributed by atoms with E-state index in [0.717, 1.165) is 18.2 Å². The first kappa shape index (κ1) is 9.38. The van der Waals surface area contributed by atoms with Crippen LogP contribution in [0.4, 0.5) is 4.79 Å². The van der Waals surface area contributed by atoms with Crippen molar-refractivity contribution in [1.82, 2.24) is 5.32 Å². The van der Waals surface area contributed by atoms with Crippen LogP contribution in [0.1, 0.15) is 19.8 Å². The molecule has 0 saturated carbocycles. The Bertz CT molecular complexity index is 219. The third-order valence-corrected chi connectivity index (χ3v) is 2.88. The summed E-state index contributed by atoms with van der Waals surface area (Å²) < 4.78 is 0. The number of nitrogens with one attached hydrogen (secondary N) is 1. The molecule has 1 heterocycles. The lowest BCUT2D eigenvalue weighted by molar-refractivity contribution is -0.143. The van der Waals surface area contributed by atoms with Crippen LogP contribution in [-0.4, -0.2) is 27.6 Å². The second kappa shape index (κ2) is 3.35. The maximum Gasteiger partial charge on any atom is 0.330 e. The van der Waals surface area contributed by atoms with Crippen molar-refractivity contribution in [3.8, 4) is 0 Å². The van der Waals surface area contributed by atoms with E-state index < -0.39 is 11.5 Å². The van der Waals surface area contributed by atoms with Gasteiger partial charge in [-0.25, -0.2) is 4.79 Å². The molecule has 2 N–H and O–H groups in total. The van der Waals surface area contributed by atoms with Gasteiger partial charge in [0.15, 0.2) is 0 Å². The summed E-state index contributed by atoms with van der Waals surface area (Å²) >= 11 is 1.04. The molecule has 4 nitrogen and oxygen atoms in total. The van der Waals surface area contributed by atoms with Crippen molar-refractivity contribution in [2.75, 3.05) is 5.75 Å². The number of carboxylic acid groups (broad SMARTS) is 1. The molecule has 0 aliphatic carbocycles. The highest BCUT2D eigenvalue weighted by molar-refractivity contribution is 8.14. The molecule has 1 amide bonds. The topological polar surface area (TPSA) is 66.4 Å². The molecular weight excluding hydrogens is 178 g/mol. The van der Waals surface area contributed by atoms with Gasteiger partial charge in [0.05, 0.1) is 0 Å². The fourth-order valence-electron chi connectivity index (χ4n) is 1.24. The average Bonchev–Trinajstić information content (AvgIpc) is 2.34. The largest absolute Gasteiger partial charge is 0.479 e. The molecule has 12 heavy (non-hydrogen) atoms. The molecule has 5 heteroatoms. The fraction of sp³-hybridized carbons (Fsp3) is 0.714. The molecule has 0 aromatic rings. The first-order valence-electron chi connectivity index (χ1n) is 3.79. The van der Waals surface area contributed by atoms with Gasteiger partial charge in [-0.2, -0.15) is 0 Å². The lowest BCUT2D eigenvalue weighted by atomic mass is 9.97. The van der Waals surface area contributed by atoms with Crippen LogP contribution < -0.4 is 5.32 Å². The summed E-state index contributed by atoms with van der Waals surface area (Å²) in [5.74, 6) is -0.586. The number of aliphatic carboxylic acids is 1. The maximum atomic E-state index is 10.8. The quantitative estimate of drug-likeness (QED) is 0.696. The number of hydrogen-bond acceptors (Lipinski definition) is 3. The van der Waals surface area contributed by atoms with E-state index >= 15 is 0 Å². The summed E-state index contributed by atoms with van der Waals surface area (Å²) in [5, 5.41) is 11.1. The molecule has 0 unspecified atom stereocenters. The Morgan fingerprint density at radius 2 is 2.50 bits per heavy atom. The second-order valence-corrected chi connectivity index (χ2v) is 3.79. The Morgan fingerprint density at radius 3 is 2.83 bits per heavy atom. The van der Waals surface area contributed by atoms with E-state index in [1.54, 1.807) is 0 Å². The van der Waals surface area contributed by atoms with Gasteiger partial charge in [0.1, 0.15) is 5.54 Å². The second-order valence-electron chi connectivity index (χ2n) is 2.84. The molecule has 1 rings (SSSR count). The maximum absolute atomic E-state index is 10.8. The lowest BCUT2D eigenvalue weighted by Gasteiger charge is -2.21. The molecule has 0 aromatic heterocycles. The first-order valence-corrected chi connectivity index (χ1v) is 4.77. The average molecular weight is 189 g/mol. The van der Waals surface area contributed by atoms with Crippen molar-refractivity contribution in [3.05, 3.63) is 0 Å². The molecule has 0 bridgehead atoms. The summed E-state index contributed by atoms with van der Waals surface area (Å²) in [6.45, 7) is 1.90. The minimum absolute atomic E-state index is 0.231. The number of carbonyl (C=O) groups is 2. The van der Waals surface area contributed by atoms with Gasteiger partial charge in [0.2, 0.25) is 0 Å². The Labute approximate surface area is 74.7 Å². The molecule has 1 aliphatic rings. The molecule has 1 fully saturated rings. The van der Waals surface area contributed by atoms with Crippen LogP contribution >= 0.6 is 11.8 Å². The standard InChI is InChI=1S/C7H11NO3S/c1-2-3-7(5(9)10)4-12-6(11)8-7/h2-4H2,1H3,(H,8,11)(H,9,10)/t7-/m1/s1. The predicted molar refractivity (Wildman–Crippen MR) is 46.3 cm³/mol. The molecule has 0 aromatic carbocycles. The van der Waals surface area contributed by atoms with Crippen LogP contribution in [0.15, 0.2) is 0 Å². The van der Waals surface area contributed by atoms with Gasteiger partial charge < -0.3 is 10.4 Å². The molecular formula is C7H11NO3S. The smallest absolute Gasteiger partial charge is 0.330 e. The van der Waals surface area contributed by atoms with Crippen molar-refractivity contribution in [2.24, 2.45) is 0 Å². The van der Waals surface area contributed by atoms with Gasteiger partial charge >= 0.3 is 5.97 Å². The van der Waals surface area contributed by atoms with Gasteiger partial charge in [-0.05, 0) is 6.42 Å². The zero-order chi connectivity index (χ0) is 9.19. The van der Waals surface area contributed by atoms with Gasteiger partial charge in [0.25, 0.3) is 5.24 Å². The van der Waals surface area contributed by atoms with Crippen LogP contribution in [0.25, 0.3) is 0 Å². The summed E-state index contributed by atoms with van der Waals surface area (Å²) in [7, 11) is 0. The SMILES string of the molecule is CCC[C@]1(C(=O)O)CSC(=O)N1. The zero-order valence-corrected chi connectivity index (χ0v) is 7.61. The van der Waals surface area contributed by atoms with E-state index in [1.807, 2.05) is 6.92 Å². The first-order chi connectivity index (χ1) is 5.60. The molecule has 0 radical (unpaired) electrons. The highest BCUT2D eigenvalue weighted by Gasteiger charge is 2.44. The van der Waals surface area contributed by atoms with Crippen LogP contribution in [0.3, 0.4) is 0 Å². The number of carboxylic acids is 1. The Morgan fingerprint density at radius 1 is 1.83 bits per heavy atom. The number of carbonyl (C=O) groups excluding carboxylic acids is 1. The Kier molecular flexibility index (Phi) is 2.62. The summed E-state index contributed by atoms with van der Waals surface area (Å²) in [4.78, 5) is 21.7. The van der Waals surface area contributed by atoms with E-state index in [1.165, 1.54) is 0 Å². The van der Waals surface area contributed by atoms with Crippen molar-refractivity contribution in [1.29, 1.82) is 0 Å². The number of amides is 1. The van der Waals surface area contributed by atoms with Gasteiger partial charge in [0, 0.05) is 5.75 Å². The van der Waals surface area contributed by atoms with E-state index in [2.05, 4.69) is 5.32 Å². The predicted octanol–water partition coefficient (Wildman–Crippen LogP) is 1.07. The molecule has 1 saturated heterocycles. The van der Waals surface area contributed by atoms with Gasteiger partial charge in [-0.1, -0.05) is 25.1 Å². The van der Waals surface area contributed by atoms with Gasteiger partial charge in [-0.3, -0.25) is 4.79 Å². The van der Waals surface area contributed by atoms with Crippen LogP contribution in [-0.2, 0) is 4.79 Å². The highest BCUT2D eigenvalue weighted by atomic mass is 32.2. The normalized spacial score (nSPS) is 28.6. The van der Waals surface area contributed by atoms with Crippen LogP contribution in [0.5, 0.6) is 0 Å². The number of hydrogen-bond donors (Lipinski definition) is 2. The molecule has 1 aliphatic heterocycles. The summed E-state index contributed by atoms with van der Waals surface area (Å²) in [6, 6.07) is 0. The van der Waals surface area contributed by atoms with Gasteiger partial charge in [-0.15, -0.1) is 0 Å². The van der Waals surface area contributed by atoms with E-state index in [4.69, 9.17) is 5.11 Å². The molecule has 1 atom stereocenters. The lowest BCUT2D eigenvalue weighted by Crippen LogP contribution is -2.50. The van der Waals surface area contributed by atoms with E-state index in [-0.39, 0.29) is 5.24 Å². The fourth-order valence-corrected chi connectivity index (χ4v) is 2.22. The highest BCUT2D eigenvalue weighted by Crippen LogP contribution is 2.27. The number of rotatable bonds is 3. The third-order valence-electron chi connectivity index (χ3n) is 1.88. The Hall–Kier alpha value is -0.710. The van der Waals surface area contributed by atoms with Crippen molar-refractivity contribution >= 4 is 23.0 Å². The zero-order valence-electron chi connectivity index (χ0n) is 6.79. The van der Waals surface area contributed by atoms with Crippen molar-refractivity contribution < 1.29 is 14.7 Å². The summed E-state index contributed by atoms with van der Waals surface area (Å²) in [6.07, 6.45) is 1.26. The van der Waals surface area contributed by atoms with Crippen molar-refractivity contribution in [2.45, 2.75) is 25.3 Å².